The molecule has 2 aromatic rings. The Hall–Kier alpha value is -3.09. The van der Waals surface area contributed by atoms with Crippen molar-refractivity contribution in [3.05, 3.63) is 58.1 Å². The van der Waals surface area contributed by atoms with Gasteiger partial charge < -0.3 is 14.4 Å². The Labute approximate surface area is 144 Å². The molecule has 0 N–H and O–H groups in total. The quantitative estimate of drug-likeness (QED) is 0.472. The Bertz CT molecular complexity index is 821. The molecule has 0 radical (unpaired) electrons. The Morgan fingerprint density at radius 2 is 2.00 bits per heavy atom. The Morgan fingerprint density at radius 3 is 2.68 bits per heavy atom. The molecule has 3 rings (SSSR count). The largest absolute Gasteiger partial charge is 0.486 e. The zero-order valence-corrected chi connectivity index (χ0v) is 14.0. The number of anilines is 1. The first-order valence-corrected chi connectivity index (χ1v) is 7.84. The highest BCUT2D eigenvalue weighted by Crippen LogP contribution is 2.32. The molecule has 0 saturated carbocycles. The number of nitrogens with zero attached hydrogens (tertiary/aromatic N) is 2. The lowest BCUT2D eigenvalue weighted by molar-refractivity contribution is -0.384. The summed E-state index contributed by atoms with van der Waals surface area (Å²) in [6.45, 7) is 2.27. The van der Waals surface area contributed by atoms with E-state index in [0.29, 0.717) is 35.9 Å². The Morgan fingerprint density at radius 1 is 1.28 bits per heavy atom. The molecule has 1 aliphatic rings. The highest BCUT2D eigenvalue weighted by atomic mass is 16.6. The summed E-state index contributed by atoms with van der Waals surface area (Å²) in [4.78, 5) is 24.2. The van der Waals surface area contributed by atoms with Gasteiger partial charge in [0, 0.05) is 30.4 Å². The van der Waals surface area contributed by atoms with Crippen molar-refractivity contribution in [1.82, 2.24) is 0 Å². The van der Waals surface area contributed by atoms with Crippen LogP contribution in [0, 0.1) is 10.1 Å². The molecular weight excluding hydrogens is 324 g/mol. The van der Waals surface area contributed by atoms with Crippen LogP contribution < -0.4 is 14.4 Å². The second-order valence-electron chi connectivity index (χ2n) is 5.89. The molecule has 1 aliphatic heterocycles. The number of Topliss-reactive ketones (excluding diaryl/α,β-unsaturated/α-hetero) is 1. The van der Waals surface area contributed by atoms with Crippen LogP contribution in [0.3, 0.4) is 0 Å². The number of hydrogen-bond donors (Lipinski definition) is 0. The normalized spacial score (nSPS) is 15.5. The summed E-state index contributed by atoms with van der Waals surface area (Å²) in [6.07, 6.45) is -0.213. The van der Waals surface area contributed by atoms with E-state index in [1.54, 1.807) is 6.07 Å². The molecule has 0 unspecified atom stereocenters. The predicted molar refractivity (Wildman–Crippen MR) is 92.7 cm³/mol. The van der Waals surface area contributed by atoms with E-state index in [-0.39, 0.29) is 17.6 Å². The molecule has 0 bridgehead atoms. The van der Waals surface area contributed by atoms with E-state index in [2.05, 4.69) is 0 Å². The van der Waals surface area contributed by atoms with Gasteiger partial charge in [0.05, 0.1) is 11.5 Å². The summed E-state index contributed by atoms with van der Waals surface area (Å²) in [7, 11) is 1.82. The fraction of sp³-hybridized carbons (Fsp3) is 0.278. The van der Waals surface area contributed by atoms with Crippen LogP contribution in [0.4, 0.5) is 11.4 Å². The van der Waals surface area contributed by atoms with Gasteiger partial charge in [-0.3, -0.25) is 14.9 Å². The minimum absolute atomic E-state index is 0.103. The van der Waals surface area contributed by atoms with Gasteiger partial charge in [0.1, 0.15) is 6.61 Å². The summed E-state index contributed by atoms with van der Waals surface area (Å²) < 4.78 is 11.6. The van der Waals surface area contributed by atoms with Crippen molar-refractivity contribution < 1.29 is 19.2 Å². The summed E-state index contributed by atoms with van der Waals surface area (Å²) >= 11 is 0. The summed E-state index contributed by atoms with van der Waals surface area (Å²) in [5.74, 6) is 1.17. The number of carbonyl (C=O) groups is 1. The lowest BCUT2D eigenvalue weighted by Gasteiger charge is -2.31. The van der Waals surface area contributed by atoms with Gasteiger partial charge in [0.2, 0.25) is 0 Å². The summed E-state index contributed by atoms with van der Waals surface area (Å²) in [5, 5.41) is 10.9. The number of ketones is 1. The van der Waals surface area contributed by atoms with Gasteiger partial charge >= 0.3 is 0 Å². The van der Waals surface area contributed by atoms with Crippen LogP contribution in [-0.2, 0) is 0 Å². The zero-order chi connectivity index (χ0) is 18.0. The van der Waals surface area contributed by atoms with Gasteiger partial charge in [-0.15, -0.1) is 0 Å². The maximum atomic E-state index is 11.9. The smallest absolute Gasteiger partial charge is 0.270 e. The molecule has 7 heteroatoms. The molecule has 0 saturated heterocycles. The first-order valence-electron chi connectivity index (χ1n) is 7.84. The van der Waals surface area contributed by atoms with Crippen LogP contribution in [0.2, 0.25) is 0 Å². The molecule has 0 amide bonds. The third-order valence-electron chi connectivity index (χ3n) is 4.03. The fourth-order valence-electron chi connectivity index (χ4n) is 2.81. The lowest BCUT2D eigenvalue weighted by Crippen LogP contribution is -2.39. The van der Waals surface area contributed by atoms with Crippen molar-refractivity contribution in [3.8, 4) is 11.5 Å². The third-order valence-corrected chi connectivity index (χ3v) is 4.03. The number of rotatable bonds is 5. The molecule has 0 aliphatic carbocycles. The van der Waals surface area contributed by atoms with Gasteiger partial charge in [-0.05, 0) is 25.1 Å². The van der Waals surface area contributed by atoms with Crippen molar-refractivity contribution in [1.29, 1.82) is 0 Å². The standard InChI is InChI=1S/C18H18N2O5/c1-12(21)15-9-13(20(22)23)7-8-16(15)19(2)10-14-11-24-17-5-3-4-6-18(17)25-14/h3-9,14H,10-11H2,1-2H3/t14-/m0/s1. The van der Waals surface area contributed by atoms with Gasteiger partial charge in [-0.2, -0.15) is 0 Å². The van der Waals surface area contributed by atoms with E-state index in [1.807, 2.05) is 36.2 Å². The highest BCUT2D eigenvalue weighted by Gasteiger charge is 2.24. The van der Waals surface area contributed by atoms with Crippen molar-refractivity contribution in [2.24, 2.45) is 0 Å². The number of fused-ring (bicyclic) bond motifs is 1. The average Bonchev–Trinajstić information content (AvgIpc) is 2.60. The van der Waals surface area contributed by atoms with E-state index in [4.69, 9.17) is 9.47 Å². The molecule has 1 atom stereocenters. The predicted octanol–water partition coefficient (Wildman–Crippen LogP) is 3.07. The molecule has 130 valence electrons. The maximum absolute atomic E-state index is 11.9. The van der Waals surface area contributed by atoms with Gasteiger partial charge in [0.15, 0.2) is 23.4 Å². The minimum Gasteiger partial charge on any atom is -0.486 e. The summed E-state index contributed by atoms with van der Waals surface area (Å²) in [6, 6.07) is 11.7. The lowest BCUT2D eigenvalue weighted by atomic mass is 10.1. The van der Waals surface area contributed by atoms with Crippen molar-refractivity contribution >= 4 is 17.2 Å². The SMILES string of the molecule is CC(=O)c1cc([N+](=O)[O-])ccc1N(C)C[C@H]1COc2ccccc2O1. The van der Waals surface area contributed by atoms with Crippen LogP contribution >= 0.6 is 0 Å². The number of non-ortho nitro benzene ring substituents is 1. The number of ether oxygens (including phenoxy) is 2. The number of nitro benzene ring substituents is 1. The van der Waals surface area contributed by atoms with E-state index < -0.39 is 4.92 Å². The van der Waals surface area contributed by atoms with E-state index in [9.17, 15) is 14.9 Å². The molecule has 0 fully saturated rings. The minimum atomic E-state index is -0.509. The maximum Gasteiger partial charge on any atom is 0.270 e. The molecule has 7 nitrogen and oxygen atoms in total. The molecule has 0 aromatic heterocycles. The Balaban J connectivity index is 1.79. The van der Waals surface area contributed by atoms with Crippen LogP contribution in [0.1, 0.15) is 17.3 Å². The van der Waals surface area contributed by atoms with Crippen molar-refractivity contribution in [2.75, 3.05) is 25.1 Å². The number of benzene rings is 2. The van der Waals surface area contributed by atoms with E-state index in [0.717, 1.165) is 0 Å². The third kappa shape index (κ3) is 3.55. The Kier molecular flexibility index (Phi) is 4.56. The topological polar surface area (TPSA) is 81.9 Å². The number of carbonyl (C=O) groups excluding carboxylic acids is 1. The second kappa shape index (κ2) is 6.80. The van der Waals surface area contributed by atoms with Gasteiger partial charge in [-0.25, -0.2) is 0 Å². The molecule has 2 aromatic carbocycles. The van der Waals surface area contributed by atoms with Crippen LogP contribution in [-0.4, -0.2) is 37.0 Å². The average molecular weight is 342 g/mol. The van der Waals surface area contributed by atoms with Crippen molar-refractivity contribution in [3.63, 3.8) is 0 Å². The zero-order valence-electron chi connectivity index (χ0n) is 14.0. The number of likely N-dealkylation sites (N-methyl/N-ethyl adjacent to an activating group) is 1. The van der Waals surface area contributed by atoms with Gasteiger partial charge in [0.25, 0.3) is 5.69 Å². The highest BCUT2D eigenvalue weighted by molar-refractivity contribution is 6.00. The first kappa shape index (κ1) is 16.8. The molecule has 0 spiro atoms. The first-order chi connectivity index (χ1) is 12.0. The van der Waals surface area contributed by atoms with Crippen molar-refractivity contribution in [2.45, 2.75) is 13.0 Å². The number of nitro groups is 1. The molecular formula is C18H18N2O5. The van der Waals surface area contributed by atoms with Gasteiger partial charge in [-0.1, -0.05) is 12.1 Å². The van der Waals surface area contributed by atoms with Crippen LogP contribution in [0.5, 0.6) is 11.5 Å². The molecule has 1 heterocycles. The van der Waals surface area contributed by atoms with Crippen LogP contribution in [0.25, 0.3) is 0 Å². The van der Waals surface area contributed by atoms with E-state index in [1.165, 1.54) is 19.1 Å². The summed E-state index contributed by atoms with van der Waals surface area (Å²) in [5.41, 5.74) is 0.836. The molecule has 25 heavy (non-hydrogen) atoms. The van der Waals surface area contributed by atoms with E-state index >= 15 is 0 Å². The fourth-order valence-corrected chi connectivity index (χ4v) is 2.81. The monoisotopic (exact) mass is 342 g/mol. The van der Waals surface area contributed by atoms with Crippen LogP contribution in [0.15, 0.2) is 42.5 Å². The number of hydrogen-bond acceptors (Lipinski definition) is 6. The second-order valence-corrected chi connectivity index (χ2v) is 5.89. The number of para-hydroxylation sites is 2.